The average Bonchev–Trinajstić information content (AvgIpc) is 3.17. The zero-order valence-corrected chi connectivity index (χ0v) is 17.8. The molecule has 2 aromatic rings. The Morgan fingerprint density at radius 2 is 1.83 bits per heavy atom. The molecule has 4 rings (SSSR count). The minimum Gasteiger partial charge on any atom is -0.371 e. The van der Waals surface area contributed by atoms with Crippen LogP contribution in [0, 0.1) is 5.82 Å². The number of benzene rings is 2. The van der Waals surface area contributed by atoms with Crippen LogP contribution in [0.25, 0.3) is 0 Å². The summed E-state index contributed by atoms with van der Waals surface area (Å²) in [7, 11) is -3.97. The number of sulfonamides is 1. The number of amides is 1. The number of carbonyl (C=O) groups excluding carboxylic acids is 1. The van der Waals surface area contributed by atoms with Crippen molar-refractivity contribution in [3.8, 4) is 0 Å². The molecule has 2 aliphatic heterocycles. The summed E-state index contributed by atoms with van der Waals surface area (Å²) >= 11 is 0. The second-order valence-corrected chi connectivity index (χ2v) is 9.64. The maximum Gasteiger partial charge on any atom is 0.255 e. The summed E-state index contributed by atoms with van der Waals surface area (Å²) in [4.78, 5) is 14.6. The van der Waals surface area contributed by atoms with Gasteiger partial charge in [0.2, 0.25) is 10.0 Å². The largest absolute Gasteiger partial charge is 0.371 e. The predicted molar refractivity (Wildman–Crippen MR) is 115 cm³/mol. The molecular formula is C22H26FN3O3S. The van der Waals surface area contributed by atoms with Gasteiger partial charge in [-0.05, 0) is 62.1 Å². The number of anilines is 2. The molecule has 6 nitrogen and oxygen atoms in total. The van der Waals surface area contributed by atoms with Gasteiger partial charge in [-0.2, -0.15) is 4.31 Å². The molecule has 160 valence electrons. The summed E-state index contributed by atoms with van der Waals surface area (Å²) in [6, 6.07) is 9.26. The van der Waals surface area contributed by atoms with Gasteiger partial charge in [0.1, 0.15) is 10.7 Å². The second kappa shape index (κ2) is 8.35. The summed E-state index contributed by atoms with van der Waals surface area (Å²) in [6.07, 6.45) is 3.46. The molecule has 1 fully saturated rings. The summed E-state index contributed by atoms with van der Waals surface area (Å²) in [6.45, 7) is 4.69. The molecule has 0 radical (unpaired) electrons. The predicted octanol–water partition coefficient (Wildman–Crippen LogP) is 3.64. The minimum atomic E-state index is -3.97. The fourth-order valence-electron chi connectivity index (χ4n) is 4.14. The van der Waals surface area contributed by atoms with Crippen LogP contribution in [0.3, 0.4) is 0 Å². The molecule has 1 amide bonds. The lowest BCUT2D eigenvalue weighted by Gasteiger charge is -2.26. The maximum atomic E-state index is 14.4. The highest BCUT2D eigenvalue weighted by Crippen LogP contribution is 2.31. The lowest BCUT2D eigenvalue weighted by atomic mass is 10.1. The molecule has 0 unspecified atom stereocenters. The van der Waals surface area contributed by atoms with Gasteiger partial charge in [-0.3, -0.25) is 4.79 Å². The highest BCUT2D eigenvalue weighted by molar-refractivity contribution is 7.89. The van der Waals surface area contributed by atoms with Crippen molar-refractivity contribution in [1.82, 2.24) is 4.31 Å². The van der Waals surface area contributed by atoms with Crippen molar-refractivity contribution >= 4 is 27.3 Å². The van der Waals surface area contributed by atoms with Crippen LogP contribution in [0.5, 0.6) is 0 Å². The standard InChI is InChI=1S/C22H26FN3O3S/c1-2-25-13-10-16-6-8-18(15-20(16)25)24-22(27)17-7-9-19(23)21(14-17)30(28,29)26-11-4-3-5-12-26/h6-9,14-15H,2-5,10-13H2,1H3,(H,24,27). The van der Waals surface area contributed by atoms with Gasteiger partial charge in [0.05, 0.1) is 0 Å². The Kier molecular flexibility index (Phi) is 5.79. The number of hydrogen-bond donors (Lipinski definition) is 1. The number of nitrogens with one attached hydrogen (secondary N) is 1. The molecule has 0 saturated carbocycles. The molecule has 0 bridgehead atoms. The van der Waals surface area contributed by atoms with Crippen LogP contribution in [0.4, 0.5) is 15.8 Å². The third kappa shape index (κ3) is 3.94. The number of likely N-dealkylation sites (N-methyl/N-ethyl adjacent to an activating group) is 1. The van der Waals surface area contributed by atoms with E-state index in [-0.39, 0.29) is 5.56 Å². The van der Waals surface area contributed by atoms with E-state index in [1.54, 1.807) is 0 Å². The third-order valence-corrected chi connectivity index (χ3v) is 7.76. The Morgan fingerprint density at radius 3 is 2.57 bits per heavy atom. The van der Waals surface area contributed by atoms with Gasteiger partial charge in [-0.1, -0.05) is 12.5 Å². The van der Waals surface area contributed by atoms with Gasteiger partial charge in [-0.15, -0.1) is 0 Å². The zero-order chi connectivity index (χ0) is 21.3. The number of piperidine rings is 1. The van der Waals surface area contributed by atoms with Crippen molar-refractivity contribution < 1.29 is 17.6 Å². The van der Waals surface area contributed by atoms with Crippen molar-refractivity contribution in [2.24, 2.45) is 0 Å². The lowest BCUT2D eigenvalue weighted by Crippen LogP contribution is -2.36. The topological polar surface area (TPSA) is 69.7 Å². The maximum absolute atomic E-state index is 14.4. The number of halogens is 1. The molecule has 0 aromatic heterocycles. The number of hydrogen-bond acceptors (Lipinski definition) is 4. The summed E-state index contributed by atoms with van der Waals surface area (Å²) < 4.78 is 41.5. The normalized spacial score (nSPS) is 17.1. The Balaban J connectivity index is 1.58. The summed E-state index contributed by atoms with van der Waals surface area (Å²) in [5, 5.41) is 2.81. The minimum absolute atomic E-state index is 0.111. The first-order valence-corrected chi connectivity index (χ1v) is 11.8. The van der Waals surface area contributed by atoms with Crippen LogP contribution in [-0.2, 0) is 16.4 Å². The van der Waals surface area contributed by atoms with E-state index in [1.165, 1.54) is 15.9 Å². The van der Waals surface area contributed by atoms with Crippen LogP contribution in [-0.4, -0.2) is 44.8 Å². The van der Waals surface area contributed by atoms with Crippen LogP contribution in [0.1, 0.15) is 42.1 Å². The molecule has 0 atom stereocenters. The molecule has 2 aliphatic rings. The van der Waals surface area contributed by atoms with E-state index >= 15 is 0 Å². The number of fused-ring (bicyclic) bond motifs is 1. The first-order chi connectivity index (χ1) is 14.4. The molecular weight excluding hydrogens is 405 g/mol. The van der Waals surface area contributed by atoms with Crippen LogP contribution < -0.4 is 10.2 Å². The monoisotopic (exact) mass is 431 g/mol. The molecule has 2 heterocycles. The lowest BCUT2D eigenvalue weighted by molar-refractivity contribution is 0.102. The van der Waals surface area contributed by atoms with Crippen LogP contribution in [0.15, 0.2) is 41.3 Å². The fourth-order valence-corrected chi connectivity index (χ4v) is 5.75. The Labute approximate surface area is 176 Å². The SMILES string of the molecule is CCN1CCc2ccc(NC(=O)c3ccc(F)c(S(=O)(=O)N4CCCCC4)c3)cc21. The molecule has 8 heteroatoms. The summed E-state index contributed by atoms with van der Waals surface area (Å²) in [5.41, 5.74) is 3.08. The van der Waals surface area contributed by atoms with Gasteiger partial charge in [-0.25, -0.2) is 12.8 Å². The summed E-state index contributed by atoms with van der Waals surface area (Å²) in [5.74, 6) is -1.31. The average molecular weight is 432 g/mol. The van der Waals surface area contributed by atoms with Gasteiger partial charge in [0.25, 0.3) is 5.91 Å². The van der Waals surface area contributed by atoms with Crippen LogP contribution in [0.2, 0.25) is 0 Å². The van der Waals surface area contributed by atoms with E-state index in [0.717, 1.165) is 56.6 Å². The van der Waals surface area contributed by atoms with Gasteiger partial charge in [0.15, 0.2) is 0 Å². The first kappa shape index (κ1) is 20.8. The number of rotatable bonds is 5. The Bertz CT molecular complexity index is 1070. The van der Waals surface area contributed by atoms with E-state index in [2.05, 4.69) is 17.1 Å². The van der Waals surface area contributed by atoms with Gasteiger partial charge >= 0.3 is 0 Å². The molecule has 2 aromatic carbocycles. The fraction of sp³-hybridized carbons (Fsp3) is 0.409. The first-order valence-electron chi connectivity index (χ1n) is 10.4. The Hall–Kier alpha value is -2.45. The highest BCUT2D eigenvalue weighted by Gasteiger charge is 2.29. The third-order valence-electron chi connectivity index (χ3n) is 5.84. The molecule has 1 N–H and O–H groups in total. The van der Waals surface area contributed by atoms with Crippen molar-refractivity contribution in [2.75, 3.05) is 36.4 Å². The molecule has 30 heavy (non-hydrogen) atoms. The number of carbonyl (C=O) groups is 1. The molecule has 0 spiro atoms. The van der Waals surface area contributed by atoms with E-state index in [9.17, 15) is 17.6 Å². The number of nitrogens with zero attached hydrogens (tertiary/aromatic N) is 2. The van der Waals surface area contributed by atoms with E-state index in [0.29, 0.717) is 18.8 Å². The highest BCUT2D eigenvalue weighted by atomic mass is 32.2. The smallest absolute Gasteiger partial charge is 0.255 e. The second-order valence-electron chi connectivity index (χ2n) is 7.74. The molecule has 1 saturated heterocycles. The van der Waals surface area contributed by atoms with E-state index in [4.69, 9.17) is 0 Å². The van der Waals surface area contributed by atoms with Gasteiger partial charge in [0, 0.05) is 43.1 Å². The Morgan fingerprint density at radius 1 is 1.07 bits per heavy atom. The quantitative estimate of drug-likeness (QED) is 0.785. The van der Waals surface area contributed by atoms with Crippen molar-refractivity contribution in [3.63, 3.8) is 0 Å². The molecule has 0 aliphatic carbocycles. The van der Waals surface area contributed by atoms with E-state index < -0.39 is 26.6 Å². The van der Waals surface area contributed by atoms with E-state index in [1.807, 2.05) is 18.2 Å². The van der Waals surface area contributed by atoms with Crippen molar-refractivity contribution in [3.05, 3.63) is 53.3 Å². The van der Waals surface area contributed by atoms with Crippen molar-refractivity contribution in [2.45, 2.75) is 37.5 Å². The van der Waals surface area contributed by atoms with Crippen molar-refractivity contribution in [1.29, 1.82) is 0 Å². The zero-order valence-electron chi connectivity index (χ0n) is 17.0. The van der Waals surface area contributed by atoms with Gasteiger partial charge < -0.3 is 10.2 Å². The van der Waals surface area contributed by atoms with Crippen LogP contribution >= 0.6 is 0 Å².